The SMILES string of the molecule is CC(=O)c1cccc(NC(=O)COC(=O)c2ccc(N3C(=O)[C@@H]4[C@@H]5C[C@@H]([C@@H]4C3=O)[C@H](c3ccccc3)C5)cc2)c1. The van der Waals surface area contributed by atoms with E-state index in [0.717, 1.165) is 12.8 Å². The smallest absolute Gasteiger partial charge is 0.338 e. The standard InChI is InChI=1S/C32H28N2O6/c1-18(35)21-8-5-9-23(14-21)33-27(36)17-40-32(39)20-10-12-24(13-11-20)34-30(37)28-22-15-25(19-6-3-2-4-7-19)26(16-22)29(28)31(34)38/h2-14,22,25-26,28-29H,15-17H2,1H3,(H,33,36)/t22-,25-,26+,28+,29-/m0/s1. The summed E-state index contributed by atoms with van der Waals surface area (Å²) in [6.07, 6.45) is 1.82. The molecule has 8 nitrogen and oxygen atoms in total. The largest absolute Gasteiger partial charge is 0.452 e. The van der Waals surface area contributed by atoms with Crippen molar-refractivity contribution in [3.8, 4) is 0 Å². The maximum Gasteiger partial charge on any atom is 0.338 e. The van der Waals surface area contributed by atoms with E-state index < -0.39 is 18.5 Å². The molecule has 6 rings (SSSR count). The minimum atomic E-state index is -0.709. The van der Waals surface area contributed by atoms with Gasteiger partial charge in [0.05, 0.1) is 23.1 Å². The lowest BCUT2D eigenvalue weighted by molar-refractivity contribution is -0.123. The molecule has 3 amide bonds. The number of esters is 1. The zero-order valence-corrected chi connectivity index (χ0v) is 21.9. The number of Topliss-reactive ketones (excluding diaryl/α,β-unsaturated/α-hetero) is 1. The van der Waals surface area contributed by atoms with Crippen LogP contribution in [0.1, 0.15) is 52.0 Å². The number of carbonyl (C=O) groups excluding carboxylic acids is 5. The molecule has 0 radical (unpaired) electrons. The van der Waals surface area contributed by atoms with Gasteiger partial charge in [0.15, 0.2) is 12.4 Å². The molecule has 3 aliphatic rings. The number of anilines is 2. The van der Waals surface area contributed by atoms with Gasteiger partial charge >= 0.3 is 5.97 Å². The van der Waals surface area contributed by atoms with Crippen molar-refractivity contribution in [1.82, 2.24) is 0 Å². The molecule has 1 N–H and O–H groups in total. The van der Waals surface area contributed by atoms with E-state index in [4.69, 9.17) is 4.74 Å². The number of hydrogen-bond acceptors (Lipinski definition) is 6. The Balaban J connectivity index is 1.09. The Morgan fingerprint density at radius 3 is 2.30 bits per heavy atom. The zero-order valence-electron chi connectivity index (χ0n) is 21.9. The van der Waals surface area contributed by atoms with Gasteiger partial charge in [0.2, 0.25) is 11.8 Å². The number of nitrogens with zero attached hydrogens (tertiary/aromatic N) is 1. The fraction of sp³-hybridized carbons (Fsp3) is 0.281. The van der Waals surface area contributed by atoms with Crippen LogP contribution < -0.4 is 10.2 Å². The van der Waals surface area contributed by atoms with E-state index in [2.05, 4.69) is 17.4 Å². The number of hydrogen-bond donors (Lipinski definition) is 1. The Labute approximate surface area is 231 Å². The van der Waals surface area contributed by atoms with Gasteiger partial charge in [0.1, 0.15) is 0 Å². The van der Waals surface area contributed by atoms with Gasteiger partial charge in [-0.05, 0) is 79.5 Å². The number of imide groups is 1. The van der Waals surface area contributed by atoms with Crippen molar-refractivity contribution in [2.45, 2.75) is 25.7 Å². The number of amides is 3. The molecule has 3 aromatic rings. The van der Waals surface area contributed by atoms with E-state index in [9.17, 15) is 24.0 Å². The average molecular weight is 537 g/mol. The monoisotopic (exact) mass is 536 g/mol. The zero-order chi connectivity index (χ0) is 28.0. The minimum Gasteiger partial charge on any atom is -0.452 e. The lowest BCUT2D eigenvalue weighted by Crippen LogP contribution is -2.33. The summed E-state index contributed by atoms with van der Waals surface area (Å²) < 4.78 is 5.13. The summed E-state index contributed by atoms with van der Waals surface area (Å²) >= 11 is 0. The van der Waals surface area contributed by atoms with Crippen molar-refractivity contribution in [3.63, 3.8) is 0 Å². The van der Waals surface area contributed by atoms with Crippen molar-refractivity contribution in [1.29, 1.82) is 0 Å². The Bertz CT molecular complexity index is 1520. The number of ketones is 1. The first-order valence-corrected chi connectivity index (χ1v) is 13.4. The van der Waals surface area contributed by atoms with E-state index in [1.807, 2.05) is 18.2 Å². The van der Waals surface area contributed by atoms with Gasteiger partial charge in [0.25, 0.3) is 5.91 Å². The highest BCUT2D eigenvalue weighted by Gasteiger charge is 2.64. The van der Waals surface area contributed by atoms with Crippen molar-refractivity contribution in [2.75, 3.05) is 16.8 Å². The number of rotatable bonds is 7. The van der Waals surface area contributed by atoms with E-state index >= 15 is 0 Å². The molecule has 0 spiro atoms. The average Bonchev–Trinajstić information content (AvgIpc) is 3.63. The van der Waals surface area contributed by atoms with Crippen LogP contribution in [0.3, 0.4) is 0 Å². The summed E-state index contributed by atoms with van der Waals surface area (Å²) in [6.45, 7) is 0.920. The molecule has 40 heavy (non-hydrogen) atoms. The van der Waals surface area contributed by atoms with Gasteiger partial charge in [-0.3, -0.25) is 24.1 Å². The number of nitrogens with one attached hydrogen (secondary N) is 1. The molecule has 0 unspecified atom stereocenters. The van der Waals surface area contributed by atoms with Crippen LogP contribution in [-0.2, 0) is 19.1 Å². The van der Waals surface area contributed by atoms with Crippen LogP contribution >= 0.6 is 0 Å². The second kappa shape index (κ2) is 10.2. The van der Waals surface area contributed by atoms with Crippen molar-refractivity contribution < 1.29 is 28.7 Å². The van der Waals surface area contributed by atoms with Crippen LogP contribution in [0, 0.1) is 23.7 Å². The summed E-state index contributed by atoms with van der Waals surface area (Å²) in [5.74, 6) is -1.65. The number of fused-ring (bicyclic) bond motifs is 5. The van der Waals surface area contributed by atoms with E-state index in [1.165, 1.54) is 29.5 Å². The predicted molar refractivity (Wildman–Crippen MR) is 147 cm³/mol. The molecular formula is C32H28N2O6. The minimum absolute atomic E-state index is 0.129. The molecular weight excluding hydrogens is 508 g/mol. The van der Waals surface area contributed by atoms with Crippen molar-refractivity contribution >= 4 is 40.8 Å². The van der Waals surface area contributed by atoms with Crippen LogP contribution in [0.4, 0.5) is 11.4 Å². The number of benzene rings is 3. The second-order valence-electron chi connectivity index (χ2n) is 10.8. The van der Waals surface area contributed by atoms with Gasteiger partial charge in [-0.15, -0.1) is 0 Å². The quantitative estimate of drug-likeness (QED) is 0.268. The highest BCUT2D eigenvalue weighted by Crippen LogP contribution is 2.61. The summed E-state index contributed by atoms with van der Waals surface area (Å²) in [7, 11) is 0. The molecule has 0 aromatic heterocycles. The topological polar surface area (TPSA) is 110 Å². The highest BCUT2D eigenvalue weighted by atomic mass is 16.5. The first-order chi connectivity index (χ1) is 19.3. The Morgan fingerprint density at radius 2 is 1.57 bits per heavy atom. The number of ether oxygens (including phenoxy) is 1. The third kappa shape index (κ3) is 4.49. The first kappa shape index (κ1) is 25.7. The summed E-state index contributed by atoms with van der Waals surface area (Å²) in [4.78, 5) is 64.5. The molecule has 1 saturated heterocycles. The lowest BCUT2D eigenvalue weighted by Gasteiger charge is -2.28. The van der Waals surface area contributed by atoms with Crippen molar-refractivity contribution in [2.24, 2.45) is 23.7 Å². The molecule has 1 aliphatic heterocycles. The molecule has 2 aliphatic carbocycles. The van der Waals surface area contributed by atoms with Crippen LogP contribution in [-0.4, -0.2) is 36.1 Å². The first-order valence-electron chi connectivity index (χ1n) is 13.4. The lowest BCUT2D eigenvalue weighted by atomic mass is 9.73. The molecule has 1 heterocycles. The second-order valence-corrected chi connectivity index (χ2v) is 10.8. The van der Waals surface area contributed by atoms with E-state index in [-0.39, 0.29) is 52.8 Å². The Morgan fingerprint density at radius 1 is 0.850 bits per heavy atom. The summed E-state index contributed by atoms with van der Waals surface area (Å²) in [5.41, 5.74) is 2.73. The van der Waals surface area contributed by atoms with Crippen molar-refractivity contribution in [3.05, 3.63) is 95.6 Å². The molecule has 8 heteroatoms. The molecule has 3 fully saturated rings. The molecule has 3 aromatic carbocycles. The normalized spacial score (nSPS) is 24.6. The van der Waals surface area contributed by atoms with E-state index in [0.29, 0.717) is 16.9 Å². The highest BCUT2D eigenvalue weighted by molar-refractivity contribution is 6.22. The van der Waals surface area contributed by atoms with Gasteiger partial charge in [0, 0.05) is 11.3 Å². The maximum absolute atomic E-state index is 13.5. The van der Waals surface area contributed by atoms with E-state index in [1.54, 1.807) is 36.4 Å². The van der Waals surface area contributed by atoms with Crippen LogP contribution in [0.2, 0.25) is 0 Å². The van der Waals surface area contributed by atoms with Gasteiger partial charge in [-0.1, -0.05) is 42.5 Å². The molecule has 2 saturated carbocycles. The summed E-state index contributed by atoms with van der Waals surface area (Å²) in [6, 6.07) is 22.8. The third-order valence-corrected chi connectivity index (χ3v) is 8.49. The third-order valence-electron chi connectivity index (χ3n) is 8.49. The van der Waals surface area contributed by atoms with Crippen LogP contribution in [0.5, 0.6) is 0 Å². The van der Waals surface area contributed by atoms with Gasteiger partial charge in [-0.2, -0.15) is 0 Å². The van der Waals surface area contributed by atoms with Gasteiger partial charge in [-0.25, -0.2) is 4.79 Å². The molecule has 2 bridgehead atoms. The maximum atomic E-state index is 13.5. The van der Waals surface area contributed by atoms with Crippen LogP contribution in [0.15, 0.2) is 78.9 Å². The fourth-order valence-corrected chi connectivity index (χ4v) is 6.77. The molecule has 5 atom stereocenters. The van der Waals surface area contributed by atoms with Gasteiger partial charge < -0.3 is 10.1 Å². The number of carbonyl (C=O) groups is 5. The van der Waals surface area contributed by atoms with Crippen LogP contribution in [0.25, 0.3) is 0 Å². The summed E-state index contributed by atoms with van der Waals surface area (Å²) in [5, 5.41) is 2.59. The Kier molecular flexibility index (Phi) is 6.54. The molecule has 202 valence electrons. The predicted octanol–water partition coefficient (Wildman–Crippen LogP) is 4.61. The fourth-order valence-electron chi connectivity index (χ4n) is 6.77. The Hall–Kier alpha value is -4.59.